The van der Waals surface area contributed by atoms with E-state index in [1.807, 2.05) is 13.0 Å². The van der Waals surface area contributed by atoms with Crippen molar-refractivity contribution in [3.63, 3.8) is 0 Å². The predicted molar refractivity (Wildman–Crippen MR) is 122 cm³/mol. The van der Waals surface area contributed by atoms with Crippen molar-refractivity contribution in [2.45, 2.75) is 18.5 Å². The highest BCUT2D eigenvalue weighted by atomic mass is 35.5. The Balaban J connectivity index is 1.52. The minimum atomic E-state index is -0.216. The number of aryl methyl sites for hydroxylation is 1. The lowest BCUT2D eigenvalue weighted by Gasteiger charge is -2.08. The summed E-state index contributed by atoms with van der Waals surface area (Å²) in [5.41, 5.74) is 2.24. The van der Waals surface area contributed by atoms with Gasteiger partial charge >= 0.3 is 0 Å². The summed E-state index contributed by atoms with van der Waals surface area (Å²) in [6.07, 6.45) is 0.0597. The highest BCUT2D eigenvalue weighted by molar-refractivity contribution is 7.99. The van der Waals surface area contributed by atoms with E-state index in [-0.39, 0.29) is 24.0 Å². The van der Waals surface area contributed by atoms with Crippen molar-refractivity contribution in [3.8, 4) is 5.75 Å². The van der Waals surface area contributed by atoms with Gasteiger partial charge in [-0.15, -0.1) is 10.2 Å². The zero-order valence-corrected chi connectivity index (χ0v) is 18.9. The van der Waals surface area contributed by atoms with Crippen LogP contribution in [-0.4, -0.2) is 39.4 Å². The predicted octanol–water partition coefficient (Wildman–Crippen LogP) is 3.70. The molecule has 31 heavy (non-hydrogen) atoms. The maximum absolute atomic E-state index is 12.3. The van der Waals surface area contributed by atoms with E-state index in [2.05, 4.69) is 20.8 Å². The molecule has 2 amide bonds. The Morgan fingerprint density at radius 3 is 2.42 bits per heavy atom. The second-order valence-corrected chi connectivity index (χ2v) is 8.06. The van der Waals surface area contributed by atoms with Crippen LogP contribution in [0.2, 0.25) is 5.02 Å². The van der Waals surface area contributed by atoms with Crippen molar-refractivity contribution < 1.29 is 14.3 Å². The van der Waals surface area contributed by atoms with Crippen molar-refractivity contribution in [1.29, 1.82) is 0 Å². The van der Waals surface area contributed by atoms with Crippen LogP contribution in [0.1, 0.15) is 11.4 Å². The SMILES string of the molecule is COc1ccc(NC(=O)Cc2nnc(SCC(=O)Nc3ccc(C)c(Cl)c3)n2C)cc1. The van der Waals surface area contributed by atoms with Crippen molar-refractivity contribution in [2.24, 2.45) is 7.05 Å². The second kappa shape index (κ2) is 10.3. The van der Waals surface area contributed by atoms with Gasteiger partial charge in [0.15, 0.2) is 5.16 Å². The van der Waals surface area contributed by atoms with E-state index in [9.17, 15) is 9.59 Å². The minimum absolute atomic E-state index is 0.0597. The van der Waals surface area contributed by atoms with E-state index in [1.165, 1.54) is 11.8 Å². The first-order valence-electron chi connectivity index (χ1n) is 9.36. The molecule has 0 saturated carbocycles. The van der Waals surface area contributed by atoms with Gasteiger partial charge in [0, 0.05) is 23.4 Å². The van der Waals surface area contributed by atoms with Gasteiger partial charge in [0.05, 0.1) is 19.3 Å². The molecule has 0 unspecified atom stereocenters. The van der Waals surface area contributed by atoms with E-state index in [4.69, 9.17) is 16.3 Å². The fourth-order valence-corrected chi connectivity index (χ4v) is 3.56. The number of thioether (sulfide) groups is 1. The van der Waals surface area contributed by atoms with Crippen LogP contribution in [0.4, 0.5) is 11.4 Å². The number of aromatic nitrogens is 3. The fourth-order valence-electron chi connectivity index (χ4n) is 2.65. The molecule has 2 N–H and O–H groups in total. The summed E-state index contributed by atoms with van der Waals surface area (Å²) in [4.78, 5) is 24.5. The third kappa shape index (κ3) is 6.22. The van der Waals surface area contributed by atoms with Crippen molar-refractivity contribution in [2.75, 3.05) is 23.5 Å². The Kier molecular flexibility index (Phi) is 7.54. The average molecular weight is 460 g/mol. The Morgan fingerprint density at radius 2 is 1.74 bits per heavy atom. The highest BCUT2D eigenvalue weighted by Gasteiger charge is 2.15. The summed E-state index contributed by atoms with van der Waals surface area (Å²) in [6, 6.07) is 12.4. The molecule has 0 aliphatic rings. The van der Waals surface area contributed by atoms with E-state index >= 15 is 0 Å². The largest absolute Gasteiger partial charge is 0.497 e. The molecule has 0 saturated heterocycles. The number of hydrogen-bond acceptors (Lipinski definition) is 6. The van der Waals surface area contributed by atoms with Crippen molar-refractivity contribution >= 4 is 46.6 Å². The van der Waals surface area contributed by atoms with Crippen molar-refractivity contribution in [1.82, 2.24) is 14.8 Å². The number of carbonyl (C=O) groups excluding carboxylic acids is 2. The van der Waals surface area contributed by atoms with Gasteiger partial charge in [-0.2, -0.15) is 0 Å². The van der Waals surface area contributed by atoms with Gasteiger partial charge in [-0.25, -0.2) is 0 Å². The third-order valence-corrected chi connectivity index (χ3v) is 5.83. The van der Waals surface area contributed by atoms with Crippen LogP contribution in [0.25, 0.3) is 0 Å². The summed E-state index contributed by atoms with van der Waals surface area (Å²) < 4.78 is 6.80. The normalized spacial score (nSPS) is 10.6. The number of benzene rings is 2. The molecule has 0 aliphatic heterocycles. The minimum Gasteiger partial charge on any atom is -0.497 e. The number of amides is 2. The number of halogens is 1. The molecule has 8 nitrogen and oxygen atoms in total. The van der Waals surface area contributed by atoms with E-state index in [0.29, 0.717) is 33.1 Å². The van der Waals surface area contributed by atoms with Crippen LogP contribution in [0, 0.1) is 6.92 Å². The summed E-state index contributed by atoms with van der Waals surface area (Å²) in [5.74, 6) is 0.954. The standard InChI is InChI=1S/C21H22ClN5O3S/c1-13-4-5-15(10-17(13)22)24-20(29)12-31-21-26-25-18(27(21)2)11-19(28)23-14-6-8-16(30-3)9-7-14/h4-10H,11-12H2,1-3H3,(H,23,28)(H,24,29). The van der Waals surface area contributed by atoms with Gasteiger partial charge in [0.2, 0.25) is 11.8 Å². The first kappa shape index (κ1) is 22.6. The van der Waals surface area contributed by atoms with Crippen LogP contribution < -0.4 is 15.4 Å². The zero-order chi connectivity index (χ0) is 22.4. The number of methoxy groups -OCH3 is 1. The molecular weight excluding hydrogens is 438 g/mol. The topological polar surface area (TPSA) is 98.1 Å². The summed E-state index contributed by atoms with van der Waals surface area (Å²) in [7, 11) is 3.34. The molecule has 10 heteroatoms. The second-order valence-electron chi connectivity index (χ2n) is 6.71. The molecule has 162 valence electrons. The quantitative estimate of drug-likeness (QED) is 0.498. The molecule has 3 rings (SSSR count). The Hall–Kier alpha value is -3.04. The van der Waals surface area contributed by atoms with Gasteiger partial charge in [-0.3, -0.25) is 9.59 Å². The maximum Gasteiger partial charge on any atom is 0.234 e. The number of rotatable bonds is 8. The van der Waals surface area contributed by atoms with Crippen LogP contribution >= 0.6 is 23.4 Å². The van der Waals surface area contributed by atoms with Crippen LogP contribution in [0.3, 0.4) is 0 Å². The lowest BCUT2D eigenvalue weighted by atomic mass is 10.2. The number of nitrogens with one attached hydrogen (secondary N) is 2. The molecule has 1 aromatic heterocycles. The number of nitrogens with zero attached hydrogens (tertiary/aromatic N) is 3. The van der Waals surface area contributed by atoms with Gasteiger partial charge in [-0.1, -0.05) is 29.4 Å². The van der Waals surface area contributed by atoms with E-state index in [0.717, 1.165) is 5.56 Å². The number of hydrogen-bond donors (Lipinski definition) is 2. The molecule has 0 atom stereocenters. The first-order valence-corrected chi connectivity index (χ1v) is 10.7. The van der Waals surface area contributed by atoms with Crippen LogP contribution in [-0.2, 0) is 23.1 Å². The molecule has 2 aromatic carbocycles. The molecular formula is C21H22ClN5O3S. The van der Waals surface area contributed by atoms with E-state index < -0.39 is 0 Å². The lowest BCUT2D eigenvalue weighted by Crippen LogP contribution is -2.17. The molecule has 0 fully saturated rings. The molecule has 0 bridgehead atoms. The average Bonchev–Trinajstić information content (AvgIpc) is 3.09. The number of carbonyl (C=O) groups is 2. The Labute approximate surface area is 189 Å². The molecule has 1 heterocycles. The molecule has 0 spiro atoms. The highest BCUT2D eigenvalue weighted by Crippen LogP contribution is 2.21. The summed E-state index contributed by atoms with van der Waals surface area (Å²) in [5, 5.41) is 14.9. The summed E-state index contributed by atoms with van der Waals surface area (Å²) >= 11 is 7.32. The Morgan fingerprint density at radius 1 is 1.06 bits per heavy atom. The number of anilines is 2. The monoisotopic (exact) mass is 459 g/mol. The number of ether oxygens (including phenoxy) is 1. The smallest absolute Gasteiger partial charge is 0.234 e. The van der Waals surface area contributed by atoms with Crippen LogP contribution in [0.5, 0.6) is 5.75 Å². The molecule has 0 aliphatic carbocycles. The van der Waals surface area contributed by atoms with Crippen LogP contribution in [0.15, 0.2) is 47.6 Å². The zero-order valence-electron chi connectivity index (χ0n) is 17.3. The van der Waals surface area contributed by atoms with Gasteiger partial charge in [-0.05, 0) is 48.9 Å². The van der Waals surface area contributed by atoms with Gasteiger partial charge in [0.25, 0.3) is 0 Å². The maximum atomic E-state index is 12.3. The van der Waals surface area contributed by atoms with Gasteiger partial charge < -0.3 is 19.9 Å². The lowest BCUT2D eigenvalue weighted by molar-refractivity contribution is -0.116. The molecule has 3 aromatic rings. The first-order chi connectivity index (χ1) is 14.9. The third-order valence-electron chi connectivity index (χ3n) is 4.41. The Bertz CT molecular complexity index is 1090. The van der Waals surface area contributed by atoms with Gasteiger partial charge in [0.1, 0.15) is 11.6 Å². The van der Waals surface area contributed by atoms with E-state index in [1.54, 1.807) is 55.1 Å². The van der Waals surface area contributed by atoms with Crippen molar-refractivity contribution in [3.05, 3.63) is 58.9 Å². The fraction of sp³-hybridized carbons (Fsp3) is 0.238. The molecule has 0 radical (unpaired) electrons. The summed E-state index contributed by atoms with van der Waals surface area (Å²) in [6.45, 7) is 1.90.